The Morgan fingerprint density at radius 3 is 1.84 bits per heavy atom. The Bertz CT molecular complexity index is 2900. The van der Waals surface area contributed by atoms with Gasteiger partial charge in [0, 0.05) is 23.7 Å². The smallest absolute Gasteiger partial charge is 0.338 e. The highest BCUT2D eigenvalue weighted by atomic mass is 35.5. The van der Waals surface area contributed by atoms with Gasteiger partial charge in [-0.05, 0) is 202 Å². The summed E-state index contributed by atoms with van der Waals surface area (Å²) in [6.07, 6.45) is 18.0. The number of nitrogens with zero attached hydrogens (tertiary/aromatic N) is 3. The Balaban J connectivity index is 0.000000659. The molecule has 2 aliphatic carbocycles. The van der Waals surface area contributed by atoms with Gasteiger partial charge in [-0.1, -0.05) is 42.5 Å². The number of ether oxygens (including phenoxy) is 8. The second-order valence-corrected chi connectivity index (χ2v) is 21.5. The zero-order valence-electron chi connectivity index (χ0n) is 49.1. The number of hydrogen-bond acceptors (Lipinski definition) is 18. The molecule has 2 fully saturated rings. The molecule has 3 aromatic carbocycles. The first-order valence-electron chi connectivity index (χ1n) is 29.2. The Morgan fingerprint density at radius 2 is 1.26 bits per heavy atom. The first-order valence-corrected chi connectivity index (χ1v) is 30.5. The summed E-state index contributed by atoms with van der Waals surface area (Å²) in [5.74, 6) is 5.02. The number of benzene rings is 3. The number of hydrogen-bond donors (Lipinski definition) is 0. The summed E-state index contributed by atoms with van der Waals surface area (Å²) in [6.45, 7) is 14.9. The lowest BCUT2D eigenvalue weighted by atomic mass is 9.87. The molecule has 0 atom stereocenters. The van der Waals surface area contributed by atoms with E-state index < -0.39 is 23.9 Å². The molecule has 0 spiro atoms. The maximum atomic E-state index is 13.1. The summed E-state index contributed by atoms with van der Waals surface area (Å²) in [5.41, 5.74) is 1.73. The van der Waals surface area contributed by atoms with Crippen molar-refractivity contribution in [1.82, 2.24) is 4.98 Å². The molecule has 4 aromatic rings. The zero-order valence-corrected chi connectivity index (χ0v) is 50.7. The molecule has 0 aliphatic heterocycles. The van der Waals surface area contributed by atoms with Gasteiger partial charge in [-0.3, -0.25) is 14.4 Å². The van der Waals surface area contributed by atoms with E-state index >= 15 is 0 Å². The molecule has 0 amide bonds. The number of esters is 6. The van der Waals surface area contributed by atoms with Crippen LogP contribution in [0.15, 0.2) is 127 Å². The van der Waals surface area contributed by atoms with Crippen molar-refractivity contribution in [3.05, 3.63) is 127 Å². The van der Waals surface area contributed by atoms with Gasteiger partial charge in [-0.2, -0.15) is 5.10 Å². The number of anilines is 1. The van der Waals surface area contributed by atoms with Crippen LogP contribution in [0.25, 0.3) is 10.2 Å². The molecule has 1 heterocycles. The number of para-hydroxylation sites is 1. The van der Waals surface area contributed by atoms with Crippen LogP contribution in [0.2, 0.25) is 0 Å². The summed E-state index contributed by atoms with van der Waals surface area (Å²) in [5, 5.41) is 6.98. The first kappa shape index (κ1) is 68.0. The van der Waals surface area contributed by atoms with Crippen LogP contribution in [0, 0.1) is 23.7 Å². The van der Waals surface area contributed by atoms with Crippen LogP contribution in [0.5, 0.6) is 17.2 Å². The molecule has 0 bridgehead atoms. The van der Waals surface area contributed by atoms with E-state index in [0.717, 1.165) is 68.1 Å². The van der Waals surface area contributed by atoms with Crippen molar-refractivity contribution in [2.75, 3.05) is 43.9 Å². The monoisotopic (exact) mass is 1210 g/mol. The van der Waals surface area contributed by atoms with Gasteiger partial charge in [0.15, 0.2) is 0 Å². The average Bonchev–Trinajstić information content (AvgIpc) is 3.48. The lowest BCUT2D eigenvalue weighted by Gasteiger charge is -2.27. The van der Waals surface area contributed by atoms with Crippen molar-refractivity contribution < 1.29 is 66.7 Å². The number of thiazole rings is 1. The van der Waals surface area contributed by atoms with Gasteiger partial charge in [0.05, 0.1) is 60.5 Å². The van der Waals surface area contributed by atoms with Gasteiger partial charge in [-0.15, -0.1) is 17.5 Å². The number of rotatable bonds is 32. The Hall–Kier alpha value is -7.75. The van der Waals surface area contributed by atoms with Crippen molar-refractivity contribution in [3.63, 3.8) is 0 Å². The molecule has 2 saturated carbocycles. The fourth-order valence-corrected chi connectivity index (χ4v) is 9.97. The van der Waals surface area contributed by atoms with Crippen LogP contribution in [-0.4, -0.2) is 98.1 Å². The van der Waals surface area contributed by atoms with Crippen molar-refractivity contribution >= 4 is 80.3 Å². The third kappa shape index (κ3) is 25.6. The molecular formula is C66H80ClN3O14S. The van der Waals surface area contributed by atoms with E-state index in [-0.39, 0.29) is 54.0 Å². The predicted molar refractivity (Wildman–Crippen MR) is 330 cm³/mol. The number of hydrazone groups is 1. The average molecular weight is 1210 g/mol. The SMILES string of the molecule is C=CC(=O)OCCCCCCOc1ccc(OC(=O)C2CCC(OC(=O)/C(C)=C/C=C(\C=C)OC(=O)C3CCC(OC(=O)c4ccc(OCCCCCCOC(=O)CCCl)cc4)CC3)CC2)cc1.CC#CCN(/N=C/C)c1nc2ccccc2s1. The predicted octanol–water partition coefficient (Wildman–Crippen LogP) is 13.6. The maximum absolute atomic E-state index is 13.1. The molecule has 17 nitrogen and oxygen atoms in total. The molecule has 456 valence electrons. The van der Waals surface area contributed by atoms with Gasteiger partial charge in [0.25, 0.3) is 0 Å². The quantitative estimate of drug-likeness (QED) is 0.00381. The largest absolute Gasteiger partial charge is 0.494 e. The lowest BCUT2D eigenvalue weighted by molar-refractivity contribution is -0.148. The van der Waals surface area contributed by atoms with Crippen molar-refractivity contribution in [2.24, 2.45) is 16.9 Å². The molecule has 0 unspecified atom stereocenters. The van der Waals surface area contributed by atoms with Gasteiger partial charge in [0.2, 0.25) is 5.13 Å². The molecule has 0 radical (unpaired) electrons. The minimum atomic E-state index is -0.506. The molecule has 2 aliphatic rings. The third-order valence-corrected chi connectivity index (χ3v) is 14.9. The summed E-state index contributed by atoms with van der Waals surface area (Å²) in [7, 11) is 0. The molecular weight excluding hydrogens is 1130 g/mol. The van der Waals surface area contributed by atoms with Crippen molar-refractivity contribution in [3.8, 4) is 29.1 Å². The number of allylic oxidation sites excluding steroid dienone is 3. The van der Waals surface area contributed by atoms with Crippen LogP contribution in [-0.2, 0) is 47.7 Å². The van der Waals surface area contributed by atoms with E-state index in [0.29, 0.717) is 113 Å². The fraction of sp³-hybridized carbons (Fsp3) is 0.455. The normalized spacial score (nSPS) is 16.7. The number of alkyl halides is 1. The minimum absolute atomic E-state index is 0.191. The highest BCUT2D eigenvalue weighted by Crippen LogP contribution is 2.32. The second-order valence-electron chi connectivity index (χ2n) is 20.1. The fourth-order valence-electron chi connectivity index (χ4n) is 8.89. The Labute approximate surface area is 508 Å². The molecule has 1 aromatic heterocycles. The summed E-state index contributed by atoms with van der Waals surface area (Å²) < 4.78 is 45.5. The molecule has 19 heteroatoms. The maximum Gasteiger partial charge on any atom is 0.338 e. The summed E-state index contributed by atoms with van der Waals surface area (Å²) in [6, 6.07) is 21.8. The third-order valence-electron chi connectivity index (χ3n) is 13.7. The van der Waals surface area contributed by atoms with E-state index in [1.165, 1.54) is 22.9 Å². The van der Waals surface area contributed by atoms with Gasteiger partial charge in [-0.25, -0.2) is 24.4 Å². The van der Waals surface area contributed by atoms with E-state index in [1.807, 2.05) is 37.1 Å². The van der Waals surface area contributed by atoms with E-state index in [1.54, 1.807) is 73.0 Å². The van der Waals surface area contributed by atoms with Gasteiger partial charge >= 0.3 is 35.8 Å². The number of carbonyl (C=O) groups is 6. The van der Waals surface area contributed by atoms with Crippen LogP contribution in [0.1, 0.15) is 140 Å². The highest BCUT2D eigenvalue weighted by molar-refractivity contribution is 7.22. The minimum Gasteiger partial charge on any atom is -0.494 e. The summed E-state index contributed by atoms with van der Waals surface area (Å²) in [4.78, 5) is 78.7. The number of fused-ring (bicyclic) bond motifs is 1. The van der Waals surface area contributed by atoms with Crippen molar-refractivity contribution in [1.29, 1.82) is 0 Å². The van der Waals surface area contributed by atoms with Gasteiger partial charge < -0.3 is 37.9 Å². The van der Waals surface area contributed by atoms with Gasteiger partial charge in [0.1, 0.15) is 41.8 Å². The lowest BCUT2D eigenvalue weighted by Crippen LogP contribution is -2.30. The first-order chi connectivity index (χ1) is 41.3. The molecule has 6 rings (SSSR count). The van der Waals surface area contributed by atoms with E-state index in [2.05, 4.69) is 41.2 Å². The standard InChI is InChI=1S/C53H67ClO14.C13H13N3S/c1-4-42(65-51(58)40-19-26-46(27-20-40)67-52(59)39-15-22-43(23-16-39)61-34-10-7-9-13-37-64-49(56)32-33-54)21-14-38(3)50(57)66-45-24-17-41(18-25-45)53(60)68-47-30-28-44(29-31-47)62-35-11-6-8-12-36-63-48(55)5-2;1-3-5-10-16(14-4-2)13-15-11-8-6-7-9-12(11)17-13/h4-5,14-16,21-23,28-31,40-41,45-46H,1-2,6-13,17-20,24-27,32-37H2,3H3;4,6-9H,10H2,1-2H3/b38-14+,42-21+;14-4+. The topological polar surface area (TPSA) is 205 Å². The Morgan fingerprint density at radius 1 is 0.694 bits per heavy atom. The van der Waals surface area contributed by atoms with Crippen LogP contribution >= 0.6 is 22.9 Å². The number of carbonyl (C=O) groups excluding carboxylic acids is 6. The summed E-state index contributed by atoms with van der Waals surface area (Å²) >= 11 is 7.15. The Kier molecular flexibility index (Phi) is 31.2. The molecule has 0 saturated heterocycles. The number of unbranched alkanes of at least 4 members (excludes halogenated alkanes) is 6. The number of halogens is 1. The molecule has 85 heavy (non-hydrogen) atoms. The van der Waals surface area contributed by atoms with Crippen LogP contribution in [0.3, 0.4) is 0 Å². The van der Waals surface area contributed by atoms with E-state index in [9.17, 15) is 28.8 Å². The molecule has 0 N–H and O–H groups in total. The van der Waals surface area contributed by atoms with Crippen LogP contribution in [0.4, 0.5) is 5.13 Å². The second kappa shape index (κ2) is 39.0. The van der Waals surface area contributed by atoms with Crippen molar-refractivity contribution in [2.45, 2.75) is 142 Å². The van der Waals surface area contributed by atoms with E-state index in [4.69, 9.17) is 49.5 Å². The number of aromatic nitrogens is 1. The van der Waals surface area contributed by atoms with Crippen LogP contribution < -0.4 is 19.2 Å². The highest BCUT2D eigenvalue weighted by Gasteiger charge is 2.31. The zero-order chi connectivity index (χ0) is 61.0.